The Morgan fingerprint density at radius 1 is 1.00 bits per heavy atom. The van der Waals surface area contributed by atoms with E-state index in [9.17, 15) is 8.42 Å². The van der Waals surface area contributed by atoms with E-state index in [2.05, 4.69) is 4.72 Å². The Hall–Kier alpha value is -2.05. The number of ether oxygens (including phenoxy) is 2. The summed E-state index contributed by atoms with van der Waals surface area (Å²) in [7, 11) is -0.346. The van der Waals surface area contributed by atoms with Crippen LogP contribution in [0.15, 0.2) is 47.4 Å². The Bertz CT molecular complexity index is 772. The monoisotopic (exact) mass is 335 g/mol. The maximum absolute atomic E-state index is 12.3. The molecule has 0 saturated heterocycles. The molecule has 2 aromatic carbocycles. The zero-order valence-corrected chi connectivity index (χ0v) is 14.3. The van der Waals surface area contributed by atoms with E-state index in [-0.39, 0.29) is 0 Å². The second-order valence-electron chi connectivity index (χ2n) is 5.10. The third-order valence-electron chi connectivity index (χ3n) is 3.54. The highest BCUT2D eigenvalue weighted by Gasteiger charge is 2.15. The van der Waals surface area contributed by atoms with Crippen LogP contribution in [0.5, 0.6) is 11.5 Å². The van der Waals surface area contributed by atoms with Crippen LogP contribution >= 0.6 is 0 Å². The lowest BCUT2D eigenvalue weighted by atomic mass is 10.1. The minimum absolute atomic E-state index is 0.312. The molecule has 0 spiro atoms. The Kier molecular flexibility index (Phi) is 5.63. The van der Waals surface area contributed by atoms with Gasteiger partial charge < -0.3 is 9.47 Å². The minimum Gasteiger partial charge on any atom is -0.493 e. The molecular weight excluding hydrogens is 314 g/mol. The highest BCUT2D eigenvalue weighted by molar-refractivity contribution is 7.89. The van der Waals surface area contributed by atoms with E-state index in [1.807, 2.05) is 24.3 Å². The van der Waals surface area contributed by atoms with Gasteiger partial charge in [0.15, 0.2) is 11.5 Å². The van der Waals surface area contributed by atoms with Gasteiger partial charge in [0.1, 0.15) is 0 Å². The molecule has 5 nitrogen and oxygen atoms in total. The predicted molar refractivity (Wildman–Crippen MR) is 89.6 cm³/mol. The first-order valence-corrected chi connectivity index (χ1v) is 8.72. The van der Waals surface area contributed by atoms with Crippen LogP contribution in [0.25, 0.3) is 0 Å². The highest BCUT2D eigenvalue weighted by Crippen LogP contribution is 2.27. The van der Waals surface area contributed by atoms with Gasteiger partial charge in [0.25, 0.3) is 0 Å². The molecule has 1 N–H and O–H groups in total. The molecule has 0 bridgehead atoms. The molecule has 6 heteroatoms. The van der Waals surface area contributed by atoms with E-state index < -0.39 is 10.0 Å². The number of sulfonamides is 1. The molecule has 0 radical (unpaired) electrons. The molecular formula is C17H21NO4S. The number of hydrogen-bond acceptors (Lipinski definition) is 4. The van der Waals surface area contributed by atoms with E-state index in [4.69, 9.17) is 9.47 Å². The normalized spacial score (nSPS) is 11.3. The molecule has 2 aromatic rings. The number of rotatable bonds is 7. The van der Waals surface area contributed by atoms with Crippen molar-refractivity contribution in [2.45, 2.75) is 18.2 Å². The van der Waals surface area contributed by atoms with Crippen LogP contribution in [0.1, 0.15) is 11.1 Å². The number of hydrogen-bond donors (Lipinski definition) is 1. The molecule has 2 rings (SSSR count). The van der Waals surface area contributed by atoms with Crippen molar-refractivity contribution in [3.05, 3.63) is 53.6 Å². The first-order chi connectivity index (χ1) is 11.0. The van der Waals surface area contributed by atoms with Gasteiger partial charge in [-0.05, 0) is 42.7 Å². The summed E-state index contributed by atoms with van der Waals surface area (Å²) in [4.78, 5) is 0.312. The molecule has 0 atom stereocenters. The van der Waals surface area contributed by atoms with Gasteiger partial charge in [0.05, 0.1) is 19.1 Å². The lowest BCUT2D eigenvalue weighted by Crippen LogP contribution is -2.26. The average Bonchev–Trinajstić information content (AvgIpc) is 2.54. The van der Waals surface area contributed by atoms with Crippen LogP contribution < -0.4 is 14.2 Å². The Balaban J connectivity index is 2.04. The number of benzene rings is 2. The van der Waals surface area contributed by atoms with Gasteiger partial charge in [-0.15, -0.1) is 0 Å². The van der Waals surface area contributed by atoms with Gasteiger partial charge in [-0.3, -0.25) is 0 Å². The average molecular weight is 335 g/mol. The van der Waals surface area contributed by atoms with Crippen molar-refractivity contribution in [3.63, 3.8) is 0 Å². The van der Waals surface area contributed by atoms with Crippen molar-refractivity contribution in [1.29, 1.82) is 0 Å². The second-order valence-corrected chi connectivity index (χ2v) is 6.84. The van der Waals surface area contributed by atoms with Crippen molar-refractivity contribution in [2.24, 2.45) is 0 Å². The molecule has 0 unspecified atom stereocenters. The van der Waals surface area contributed by atoms with Crippen molar-refractivity contribution in [1.82, 2.24) is 4.72 Å². The van der Waals surface area contributed by atoms with Crippen LogP contribution in [0.2, 0.25) is 0 Å². The largest absolute Gasteiger partial charge is 0.493 e. The number of aryl methyl sites for hydroxylation is 1. The summed E-state index contributed by atoms with van der Waals surface area (Å²) in [5, 5.41) is 0. The van der Waals surface area contributed by atoms with Gasteiger partial charge in [-0.1, -0.05) is 24.3 Å². The first kappa shape index (κ1) is 17.3. The molecule has 23 heavy (non-hydrogen) atoms. The Morgan fingerprint density at radius 2 is 1.70 bits per heavy atom. The Morgan fingerprint density at radius 3 is 2.35 bits per heavy atom. The number of methoxy groups -OCH3 is 2. The maximum Gasteiger partial charge on any atom is 0.240 e. The standard InChI is InChI=1S/C17H21NO4S/c1-13-6-4-5-7-17(13)23(19,20)18-11-10-14-8-9-15(21-2)16(12-14)22-3/h4-9,12,18H,10-11H2,1-3H3. The SMILES string of the molecule is COc1ccc(CCNS(=O)(=O)c2ccccc2C)cc1OC. The third-order valence-corrected chi connectivity index (χ3v) is 5.16. The minimum atomic E-state index is -3.50. The van der Waals surface area contributed by atoms with E-state index >= 15 is 0 Å². The lowest BCUT2D eigenvalue weighted by molar-refractivity contribution is 0.354. The van der Waals surface area contributed by atoms with Gasteiger partial charge in [-0.25, -0.2) is 13.1 Å². The van der Waals surface area contributed by atoms with Gasteiger partial charge in [0.2, 0.25) is 10.0 Å². The van der Waals surface area contributed by atoms with Crippen molar-refractivity contribution in [2.75, 3.05) is 20.8 Å². The fraction of sp³-hybridized carbons (Fsp3) is 0.294. The zero-order chi connectivity index (χ0) is 16.9. The van der Waals surface area contributed by atoms with Gasteiger partial charge >= 0.3 is 0 Å². The molecule has 0 aliphatic rings. The van der Waals surface area contributed by atoms with Crippen molar-refractivity contribution < 1.29 is 17.9 Å². The van der Waals surface area contributed by atoms with Crippen LogP contribution in [0, 0.1) is 6.92 Å². The quantitative estimate of drug-likeness (QED) is 0.844. The van der Waals surface area contributed by atoms with Crippen molar-refractivity contribution in [3.8, 4) is 11.5 Å². The maximum atomic E-state index is 12.3. The molecule has 0 heterocycles. The van der Waals surface area contributed by atoms with Crippen LogP contribution in [-0.2, 0) is 16.4 Å². The van der Waals surface area contributed by atoms with E-state index in [1.165, 1.54) is 0 Å². The zero-order valence-electron chi connectivity index (χ0n) is 13.5. The topological polar surface area (TPSA) is 64.6 Å². The molecule has 124 valence electrons. The summed E-state index contributed by atoms with van der Waals surface area (Å²) in [6, 6.07) is 12.5. The lowest BCUT2D eigenvalue weighted by Gasteiger charge is -2.11. The van der Waals surface area contributed by atoms with Crippen molar-refractivity contribution >= 4 is 10.0 Å². The summed E-state index contributed by atoms with van der Waals surface area (Å²) in [5.74, 6) is 1.28. The van der Waals surface area contributed by atoms with E-state index in [1.54, 1.807) is 39.3 Å². The molecule has 0 saturated carbocycles. The molecule has 0 fully saturated rings. The highest BCUT2D eigenvalue weighted by atomic mass is 32.2. The fourth-order valence-electron chi connectivity index (χ4n) is 2.30. The molecule has 0 aromatic heterocycles. The van der Waals surface area contributed by atoms with Crippen LogP contribution in [0.3, 0.4) is 0 Å². The van der Waals surface area contributed by atoms with Gasteiger partial charge in [-0.2, -0.15) is 0 Å². The predicted octanol–water partition coefficient (Wildman–Crippen LogP) is 2.53. The molecule has 0 amide bonds. The number of nitrogens with one attached hydrogen (secondary N) is 1. The fourth-order valence-corrected chi connectivity index (χ4v) is 3.58. The summed E-state index contributed by atoms with van der Waals surface area (Å²) in [6.07, 6.45) is 0.561. The summed E-state index contributed by atoms with van der Waals surface area (Å²) in [6.45, 7) is 2.09. The third kappa shape index (κ3) is 4.24. The summed E-state index contributed by atoms with van der Waals surface area (Å²) >= 11 is 0. The van der Waals surface area contributed by atoms with Gasteiger partial charge in [0, 0.05) is 6.54 Å². The van der Waals surface area contributed by atoms with E-state index in [0.717, 1.165) is 11.1 Å². The smallest absolute Gasteiger partial charge is 0.240 e. The Labute approximate surface area is 137 Å². The van der Waals surface area contributed by atoms with Crippen LogP contribution in [-0.4, -0.2) is 29.2 Å². The van der Waals surface area contributed by atoms with E-state index in [0.29, 0.717) is 29.4 Å². The first-order valence-electron chi connectivity index (χ1n) is 7.24. The second kappa shape index (κ2) is 7.48. The van der Waals surface area contributed by atoms with Crippen LogP contribution in [0.4, 0.5) is 0 Å². The molecule has 0 aliphatic carbocycles. The molecule has 0 aliphatic heterocycles. The summed E-state index contributed by atoms with van der Waals surface area (Å²) in [5.41, 5.74) is 1.70. The summed E-state index contributed by atoms with van der Waals surface area (Å²) < 4.78 is 37.7.